The van der Waals surface area contributed by atoms with Crippen LogP contribution in [0.4, 0.5) is 10.5 Å². The van der Waals surface area contributed by atoms with Crippen LogP contribution in [0.25, 0.3) is 0 Å². The molecule has 0 saturated carbocycles. The second-order valence-electron chi connectivity index (χ2n) is 7.18. The van der Waals surface area contributed by atoms with E-state index in [1.807, 2.05) is 76.2 Å². The van der Waals surface area contributed by atoms with Gasteiger partial charge in [0.15, 0.2) is 5.79 Å². The third kappa shape index (κ3) is 4.42. The van der Waals surface area contributed by atoms with E-state index in [9.17, 15) is 4.79 Å². The van der Waals surface area contributed by atoms with E-state index in [0.29, 0.717) is 6.61 Å². The van der Waals surface area contributed by atoms with E-state index in [-0.39, 0.29) is 18.2 Å². The van der Waals surface area contributed by atoms with E-state index in [2.05, 4.69) is 10.6 Å². The van der Waals surface area contributed by atoms with Crippen LogP contribution in [0, 0.1) is 13.8 Å². The molecule has 0 unspecified atom stereocenters. The first-order valence-electron chi connectivity index (χ1n) is 8.85. The van der Waals surface area contributed by atoms with Crippen molar-refractivity contribution in [3.63, 3.8) is 0 Å². The summed E-state index contributed by atoms with van der Waals surface area (Å²) in [5, 5.41) is 5.91. The van der Waals surface area contributed by atoms with E-state index in [4.69, 9.17) is 9.47 Å². The van der Waals surface area contributed by atoms with Crippen molar-refractivity contribution in [1.82, 2.24) is 5.32 Å². The minimum absolute atomic E-state index is 0.269. The molecule has 0 radical (unpaired) electrons. The highest BCUT2D eigenvalue weighted by atomic mass is 16.7. The number of carbonyl (C=O) groups excluding carboxylic acids is 1. The summed E-state index contributed by atoms with van der Waals surface area (Å²) >= 11 is 0. The number of urea groups is 1. The van der Waals surface area contributed by atoms with Crippen molar-refractivity contribution in [2.24, 2.45) is 0 Å². The molecule has 1 aliphatic heterocycles. The lowest BCUT2D eigenvalue weighted by Crippen LogP contribution is -2.52. The lowest BCUT2D eigenvalue weighted by atomic mass is 10.0. The van der Waals surface area contributed by atoms with Gasteiger partial charge in [0, 0.05) is 5.69 Å². The molecule has 2 atom stereocenters. The minimum Gasteiger partial charge on any atom is -0.348 e. The maximum absolute atomic E-state index is 12.5. The summed E-state index contributed by atoms with van der Waals surface area (Å²) in [6.45, 7) is 8.15. The van der Waals surface area contributed by atoms with E-state index >= 15 is 0 Å². The number of rotatable bonds is 3. The normalized spacial score (nSPS) is 21.8. The minimum atomic E-state index is -0.692. The Bertz CT molecular complexity index is 774. The molecule has 5 nitrogen and oxygen atoms in total. The van der Waals surface area contributed by atoms with Crippen molar-refractivity contribution >= 4 is 11.7 Å². The van der Waals surface area contributed by atoms with Gasteiger partial charge in [0.25, 0.3) is 0 Å². The molecule has 0 bridgehead atoms. The van der Waals surface area contributed by atoms with Crippen molar-refractivity contribution in [3.8, 4) is 0 Å². The van der Waals surface area contributed by atoms with Gasteiger partial charge >= 0.3 is 6.03 Å². The number of nitrogens with one attached hydrogen (secondary N) is 2. The Hall–Kier alpha value is -2.37. The molecule has 1 saturated heterocycles. The molecule has 1 aliphatic rings. The Balaban J connectivity index is 1.73. The molecule has 0 spiro atoms. The van der Waals surface area contributed by atoms with Gasteiger partial charge in [0.05, 0.1) is 12.6 Å². The van der Waals surface area contributed by atoms with Crippen LogP contribution in [0.3, 0.4) is 0 Å². The fourth-order valence-electron chi connectivity index (χ4n) is 3.14. The van der Waals surface area contributed by atoms with Gasteiger partial charge in [-0.3, -0.25) is 0 Å². The van der Waals surface area contributed by atoms with Crippen LogP contribution >= 0.6 is 0 Å². The van der Waals surface area contributed by atoms with E-state index in [1.165, 1.54) is 0 Å². The Morgan fingerprint density at radius 1 is 1.12 bits per heavy atom. The van der Waals surface area contributed by atoms with E-state index in [0.717, 1.165) is 22.4 Å². The molecule has 2 amide bonds. The number of benzene rings is 2. The topological polar surface area (TPSA) is 59.6 Å². The summed E-state index contributed by atoms with van der Waals surface area (Å²) in [5.74, 6) is -0.692. The zero-order valence-electron chi connectivity index (χ0n) is 15.7. The molecule has 5 heteroatoms. The lowest BCUT2D eigenvalue weighted by Gasteiger charge is -2.41. The van der Waals surface area contributed by atoms with Crippen molar-refractivity contribution in [2.75, 3.05) is 11.9 Å². The number of hydrogen-bond acceptors (Lipinski definition) is 3. The average molecular weight is 354 g/mol. The summed E-state index contributed by atoms with van der Waals surface area (Å²) in [5.41, 5.74) is 3.99. The highest BCUT2D eigenvalue weighted by Crippen LogP contribution is 2.33. The first-order chi connectivity index (χ1) is 12.3. The number of carbonyl (C=O) groups is 1. The van der Waals surface area contributed by atoms with Gasteiger partial charge in [-0.25, -0.2) is 4.79 Å². The molecule has 2 aromatic carbocycles. The second-order valence-corrected chi connectivity index (χ2v) is 7.18. The molecule has 1 fully saturated rings. The highest BCUT2D eigenvalue weighted by Gasteiger charge is 2.38. The zero-order chi connectivity index (χ0) is 18.7. The smallest absolute Gasteiger partial charge is 0.319 e. The second kappa shape index (κ2) is 7.48. The van der Waals surface area contributed by atoms with Crippen LogP contribution in [0.1, 0.15) is 36.6 Å². The SMILES string of the molecule is Cc1ccc(NC(=O)N[C@H]2COC(C)(C)O[C@H]2c2ccccc2)c(C)c1. The maximum Gasteiger partial charge on any atom is 0.319 e. The number of hydrogen-bond donors (Lipinski definition) is 2. The fourth-order valence-corrected chi connectivity index (χ4v) is 3.14. The summed E-state index contributed by atoms with van der Waals surface area (Å²) < 4.78 is 11.9. The first kappa shape index (κ1) is 18.4. The van der Waals surface area contributed by atoms with E-state index < -0.39 is 5.79 Å². The Labute approximate surface area is 154 Å². The van der Waals surface area contributed by atoms with Crippen LogP contribution < -0.4 is 10.6 Å². The van der Waals surface area contributed by atoms with Gasteiger partial charge in [-0.1, -0.05) is 48.0 Å². The molecule has 26 heavy (non-hydrogen) atoms. The maximum atomic E-state index is 12.5. The third-order valence-corrected chi connectivity index (χ3v) is 4.46. The summed E-state index contributed by atoms with van der Waals surface area (Å²) in [6, 6.07) is 15.3. The molecule has 0 aliphatic carbocycles. The van der Waals surface area contributed by atoms with Gasteiger partial charge in [-0.2, -0.15) is 0 Å². The van der Waals surface area contributed by atoms with Crippen molar-refractivity contribution in [1.29, 1.82) is 0 Å². The fraction of sp³-hybridized carbons (Fsp3) is 0.381. The van der Waals surface area contributed by atoms with Gasteiger partial charge in [0.1, 0.15) is 6.10 Å². The third-order valence-electron chi connectivity index (χ3n) is 4.46. The van der Waals surface area contributed by atoms with Gasteiger partial charge < -0.3 is 20.1 Å². The molecule has 138 valence electrons. The quantitative estimate of drug-likeness (QED) is 0.863. The Morgan fingerprint density at radius 2 is 1.85 bits per heavy atom. The molecule has 1 heterocycles. The molecule has 2 N–H and O–H groups in total. The number of anilines is 1. The average Bonchev–Trinajstić information content (AvgIpc) is 2.59. The highest BCUT2D eigenvalue weighted by molar-refractivity contribution is 5.90. The molecule has 2 aromatic rings. The largest absolute Gasteiger partial charge is 0.348 e. The predicted octanol–water partition coefficient (Wildman–Crippen LogP) is 4.32. The molecule has 3 rings (SSSR count). The standard InChI is InChI=1S/C21H26N2O3/c1-14-10-11-17(15(2)12-14)22-20(24)23-18-13-25-21(3,4)26-19(18)16-8-6-5-7-9-16/h5-12,18-19H,13H2,1-4H3,(H2,22,23,24)/t18-,19-/m0/s1. The number of amides is 2. The van der Waals surface area contributed by atoms with Crippen molar-refractivity contribution < 1.29 is 14.3 Å². The molecule has 0 aromatic heterocycles. The van der Waals surface area contributed by atoms with Crippen molar-refractivity contribution in [3.05, 3.63) is 65.2 Å². The Kier molecular flexibility index (Phi) is 5.30. The summed E-state index contributed by atoms with van der Waals surface area (Å²) in [4.78, 5) is 12.5. The predicted molar refractivity (Wildman–Crippen MR) is 102 cm³/mol. The zero-order valence-corrected chi connectivity index (χ0v) is 15.7. The van der Waals surface area contributed by atoms with Crippen LogP contribution in [0.15, 0.2) is 48.5 Å². The van der Waals surface area contributed by atoms with Crippen LogP contribution in [0.5, 0.6) is 0 Å². The number of aryl methyl sites for hydroxylation is 2. The molecular formula is C21H26N2O3. The monoisotopic (exact) mass is 354 g/mol. The van der Waals surface area contributed by atoms with Gasteiger partial charge in [0.2, 0.25) is 0 Å². The van der Waals surface area contributed by atoms with Crippen molar-refractivity contribution in [2.45, 2.75) is 45.6 Å². The first-order valence-corrected chi connectivity index (χ1v) is 8.85. The van der Waals surface area contributed by atoms with Gasteiger partial charge in [-0.15, -0.1) is 0 Å². The van der Waals surface area contributed by atoms with Gasteiger partial charge in [-0.05, 0) is 44.9 Å². The summed E-state index contributed by atoms with van der Waals surface area (Å²) in [6.07, 6.45) is -0.273. The molecular weight excluding hydrogens is 328 g/mol. The number of ether oxygens (including phenoxy) is 2. The van der Waals surface area contributed by atoms with Crippen LogP contribution in [-0.2, 0) is 9.47 Å². The van der Waals surface area contributed by atoms with Crippen LogP contribution in [0.2, 0.25) is 0 Å². The lowest BCUT2D eigenvalue weighted by molar-refractivity contribution is -0.284. The van der Waals surface area contributed by atoms with E-state index in [1.54, 1.807) is 0 Å². The summed E-state index contributed by atoms with van der Waals surface area (Å²) in [7, 11) is 0. The van der Waals surface area contributed by atoms with Crippen LogP contribution in [-0.4, -0.2) is 24.5 Å². The Morgan fingerprint density at radius 3 is 2.54 bits per heavy atom.